The highest BCUT2D eigenvalue weighted by Crippen LogP contribution is 2.41. The predicted octanol–water partition coefficient (Wildman–Crippen LogP) is 5.86. The summed E-state index contributed by atoms with van der Waals surface area (Å²) in [6.45, 7) is 2.91. The fourth-order valence-electron chi connectivity index (χ4n) is 3.33. The van der Waals surface area contributed by atoms with Crippen LogP contribution < -0.4 is 0 Å². The van der Waals surface area contributed by atoms with Crippen LogP contribution in [0.5, 0.6) is 0 Å². The van der Waals surface area contributed by atoms with Gasteiger partial charge in [-0.1, -0.05) is 24.6 Å². The van der Waals surface area contributed by atoms with Crippen LogP contribution in [0.2, 0.25) is 5.02 Å². The Morgan fingerprint density at radius 3 is 2.71 bits per heavy atom. The molecule has 1 heterocycles. The van der Waals surface area contributed by atoms with Gasteiger partial charge < -0.3 is 0 Å². The highest BCUT2D eigenvalue weighted by atomic mass is 35.5. The maximum absolute atomic E-state index is 14.8. The van der Waals surface area contributed by atoms with Crippen molar-refractivity contribution in [2.75, 3.05) is 0 Å². The van der Waals surface area contributed by atoms with Gasteiger partial charge in [-0.2, -0.15) is 0 Å². The van der Waals surface area contributed by atoms with Crippen molar-refractivity contribution in [3.8, 4) is 11.1 Å². The van der Waals surface area contributed by atoms with Crippen LogP contribution in [-0.4, -0.2) is 10.9 Å². The van der Waals surface area contributed by atoms with Crippen molar-refractivity contribution < 1.29 is 13.2 Å². The van der Waals surface area contributed by atoms with Gasteiger partial charge >= 0.3 is 0 Å². The second kappa shape index (κ2) is 6.40. The minimum atomic E-state index is -2.82. The first kappa shape index (κ1) is 17.3. The van der Waals surface area contributed by atoms with Crippen molar-refractivity contribution in [1.82, 2.24) is 4.98 Å². The van der Waals surface area contributed by atoms with Crippen LogP contribution in [0.15, 0.2) is 24.4 Å². The van der Waals surface area contributed by atoms with E-state index in [2.05, 4.69) is 4.98 Å². The van der Waals surface area contributed by atoms with E-state index < -0.39 is 17.7 Å². The van der Waals surface area contributed by atoms with Crippen LogP contribution in [0.1, 0.15) is 37.1 Å². The summed E-state index contributed by atoms with van der Waals surface area (Å²) >= 11 is 5.97. The lowest BCUT2D eigenvalue weighted by Crippen LogP contribution is -2.28. The van der Waals surface area contributed by atoms with E-state index in [1.807, 2.05) is 13.0 Å². The van der Waals surface area contributed by atoms with E-state index in [4.69, 9.17) is 11.6 Å². The molecule has 1 aliphatic rings. The van der Waals surface area contributed by atoms with Gasteiger partial charge in [-0.25, -0.2) is 13.2 Å². The van der Waals surface area contributed by atoms with Gasteiger partial charge in [-0.3, -0.25) is 4.98 Å². The van der Waals surface area contributed by atoms with Crippen LogP contribution in [-0.2, 0) is 19.3 Å². The van der Waals surface area contributed by atoms with Gasteiger partial charge in [-0.15, -0.1) is 0 Å². The largest absolute Gasteiger partial charge is 0.261 e. The fourth-order valence-corrected chi connectivity index (χ4v) is 3.49. The quantitative estimate of drug-likeness (QED) is 0.658. The Hall–Kier alpha value is -1.55. The van der Waals surface area contributed by atoms with Crippen molar-refractivity contribution in [2.45, 2.75) is 45.5 Å². The van der Waals surface area contributed by atoms with E-state index in [1.54, 1.807) is 12.3 Å². The summed E-state index contributed by atoms with van der Waals surface area (Å²) in [5.74, 6) is -4.19. The lowest BCUT2D eigenvalue weighted by atomic mass is 9.81. The number of alkyl halides is 2. The number of pyridine rings is 1. The molecule has 1 atom stereocenters. The van der Waals surface area contributed by atoms with Crippen LogP contribution in [0.25, 0.3) is 11.1 Å². The SMILES string of the molecule is CCc1cc2c(cn1)CCC(C(C)(F)F)Cc1ccc(Cl)c(F)c1-2. The molecule has 0 fully saturated rings. The summed E-state index contributed by atoms with van der Waals surface area (Å²) in [5, 5.41) is 0.00921. The third kappa shape index (κ3) is 3.16. The molecule has 1 aliphatic carbocycles. The van der Waals surface area contributed by atoms with Gasteiger partial charge in [0.15, 0.2) is 0 Å². The van der Waals surface area contributed by atoms with Gasteiger partial charge in [0.25, 0.3) is 0 Å². The van der Waals surface area contributed by atoms with Gasteiger partial charge in [0.05, 0.1) is 5.02 Å². The highest BCUT2D eigenvalue weighted by Gasteiger charge is 2.36. The van der Waals surface area contributed by atoms with Gasteiger partial charge in [0.2, 0.25) is 5.92 Å². The first-order valence-electron chi connectivity index (χ1n) is 8.14. The fraction of sp³-hybridized carbons (Fsp3) is 0.421. The number of hydrogen-bond acceptors (Lipinski definition) is 1. The summed E-state index contributed by atoms with van der Waals surface area (Å²) < 4.78 is 42.7. The molecule has 0 saturated carbocycles. The Balaban J connectivity index is 2.23. The Kier molecular flexibility index (Phi) is 4.60. The molecule has 5 heteroatoms. The molecule has 0 spiro atoms. The number of aryl methyl sites for hydroxylation is 2. The third-order valence-corrected chi connectivity index (χ3v) is 5.09. The molecule has 128 valence electrons. The average Bonchev–Trinajstić information content (AvgIpc) is 2.51. The minimum Gasteiger partial charge on any atom is -0.261 e. The van der Waals surface area contributed by atoms with E-state index in [0.717, 1.165) is 30.2 Å². The molecule has 0 saturated heterocycles. The van der Waals surface area contributed by atoms with Crippen molar-refractivity contribution in [1.29, 1.82) is 0 Å². The molecule has 0 aliphatic heterocycles. The molecule has 0 N–H and O–H groups in total. The average molecular weight is 354 g/mol. The Morgan fingerprint density at radius 1 is 1.29 bits per heavy atom. The summed E-state index contributed by atoms with van der Waals surface area (Å²) in [4.78, 5) is 4.35. The number of aromatic nitrogens is 1. The Morgan fingerprint density at radius 2 is 2.04 bits per heavy atom. The molecule has 1 aromatic heterocycles. The monoisotopic (exact) mass is 353 g/mol. The van der Waals surface area contributed by atoms with E-state index in [0.29, 0.717) is 24.0 Å². The Bertz CT molecular complexity index is 768. The van der Waals surface area contributed by atoms with Gasteiger partial charge in [0, 0.05) is 23.4 Å². The van der Waals surface area contributed by atoms with Crippen LogP contribution in [0.3, 0.4) is 0 Å². The summed E-state index contributed by atoms with van der Waals surface area (Å²) in [5.41, 5.74) is 3.30. The standard InChI is InChI=1S/C19H19ClF3N/c1-3-14-9-15-12(10-24-14)4-6-13(19(2,22)23)8-11-5-7-16(20)18(21)17(11)15/h5,7,9-10,13H,3-4,6,8H2,1-2H3. The molecule has 0 amide bonds. The van der Waals surface area contributed by atoms with E-state index in [-0.39, 0.29) is 11.4 Å². The van der Waals surface area contributed by atoms with Gasteiger partial charge in [-0.05, 0) is 61.4 Å². The second-order valence-electron chi connectivity index (χ2n) is 6.48. The number of halogens is 4. The number of benzene rings is 1. The van der Waals surface area contributed by atoms with Crippen LogP contribution in [0.4, 0.5) is 13.2 Å². The van der Waals surface area contributed by atoms with Crippen molar-refractivity contribution in [3.05, 3.63) is 52.1 Å². The van der Waals surface area contributed by atoms with Crippen molar-refractivity contribution in [2.24, 2.45) is 5.92 Å². The van der Waals surface area contributed by atoms with Crippen LogP contribution in [0, 0.1) is 11.7 Å². The Labute approximate surface area is 144 Å². The summed E-state index contributed by atoms with van der Waals surface area (Å²) in [7, 11) is 0. The number of hydrogen-bond donors (Lipinski definition) is 0. The number of rotatable bonds is 2. The molecule has 1 unspecified atom stereocenters. The van der Waals surface area contributed by atoms with E-state index in [9.17, 15) is 13.2 Å². The summed E-state index contributed by atoms with van der Waals surface area (Å²) in [6.07, 6.45) is 3.34. The molecule has 3 rings (SSSR count). The van der Waals surface area contributed by atoms with Crippen molar-refractivity contribution >= 4 is 11.6 Å². The molecular weight excluding hydrogens is 335 g/mol. The maximum atomic E-state index is 14.8. The molecule has 1 nitrogen and oxygen atoms in total. The zero-order chi connectivity index (χ0) is 17.5. The normalized spacial score (nSPS) is 17.7. The summed E-state index contributed by atoms with van der Waals surface area (Å²) in [6, 6.07) is 4.97. The van der Waals surface area contributed by atoms with Crippen molar-refractivity contribution in [3.63, 3.8) is 0 Å². The zero-order valence-electron chi connectivity index (χ0n) is 13.7. The topological polar surface area (TPSA) is 12.9 Å². The predicted molar refractivity (Wildman–Crippen MR) is 90.2 cm³/mol. The maximum Gasteiger partial charge on any atom is 0.248 e. The first-order chi connectivity index (χ1) is 11.3. The minimum absolute atomic E-state index is 0.00921. The number of nitrogens with zero attached hydrogens (tertiary/aromatic N) is 1. The number of fused-ring (bicyclic) bond motifs is 3. The molecule has 1 aromatic carbocycles. The molecule has 24 heavy (non-hydrogen) atoms. The molecule has 2 aromatic rings. The van der Waals surface area contributed by atoms with Gasteiger partial charge in [0.1, 0.15) is 5.82 Å². The smallest absolute Gasteiger partial charge is 0.248 e. The molecular formula is C19H19ClF3N. The third-order valence-electron chi connectivity index (χ3n) is 4.80. The zero-order valence-corrected chi connectivity index (χ0v) is 14.4. The first-order valence-corrected chi connectivity index (χ1v) is 8.52. The van der Waals surface area contributed by atoms with E-state index >= 15 is 0 Å². The lowest BCUT2D eigenvalue weighted by molar-refractivity contribution is -0.0425. The molecule has 0 radical (unpaired) electrons. The lowest BCUT2D eigenvalue weighted by Gasteiger charge is -2.28. The van der Waals surface area contributed by atoms with Crippen LogP contribution >= 0.6 is 11.6 Å². The second-order valence-corrected chi connectivity index (χ2v) is 6.89. The highest BCUT2D eigenvalue weighted by molar-refractivity contribution is 6.31. The molecule has 0 bridgehead atoms. The van der Waals surface area contributed by atoms with E-state index in [1.165, 1.54) is 6.07 Å².